The van der Waals surface area contributed by atoms with Gasteiger partial charge in [-0.25, -0.2) is 0 Å². The lowest BCUT2D eigenvalue weighted by atomic mass is 10.0. The minimum atomic E-state index is -0.859. The van der Waals surface area contributed by atoms with Crippen molar-refractivity contribution < 1.29 is 10.2 Å². The lowest BCUT2D eigenvalue weighted by Gasteiger charge is -2.16. The Morgan fingerprint density at radius 3 is 2.29 bits per heavy atom. The molecule has 0 heterocycles. The Bertz CT molecular complexity index is 276. The monoisotopic (exact) mass is 278 g/mol. The second-order valence-electron chi connectivity index (χ2n) is 3.04. The minimum absolute atomic E-state index is 0.342. The zero-order chi connectivity index (χ0) is 10.6. The quantitative estimate of drug-likeness (QED) is 0.831. The second-order valence-corrected chi connectivity index (χ2v) is 4.34. The highest BCUT2D eigenvalue weighted by molar-refractivity contribution is 9.10. The molecule has 0 aliphatic heterocycles. The number of benzene rings is 1. The lowest BCUT2D eigenvalue weighted by Crippen LogP contribution is -2.18. The Hall–Kier alpha value is -0.0900. The van der Waals surface area contributed by atoms with Gasteiger partial charge in [-0.15, -0.1) is 11.6 Å². The van der Waals surface area contributed by atoms with Crippen molar-refractivity contribution in [3.8, 4) is 0 Å². The Balaban J connectivity index is 2.68. The van der Waals surface area contributed by atoms with Gasteiger partial charge in [-0.2, -0.15) is 0 Å². The Morgan fingerprint density at radius 1 is 1.21 bits per heavy atom. The van der Waals surface area contributed by atoms with Crippen LogP contribution in [0.5, 0.6) is 0 Å². The van der Waals surface area contributed by atoms with Crippen LogP contribution in [0, 0.1) is 0 Å². The molecular weight excluding hydrogens is 267 g/mol. The van der Waals surface area contributed by atoms with E-state index in [-0.39, 0.29) is 0 Å². The third kappa shape index (κ3) is 3.24. The first-order chi connectivity index (χ1) is 6.65. The van der Waals surface area contributed by atoms with Gasteiger partial charge in [0.1, 0.15) is 6.10 Å². The third-order valence-electron chi connectivity index (χ3n) is 1.98. The molecule has 2 nitrogen and oxygen atoms in total. The zero-order valence-electron chi connectivity index (χ0n) is 7.53. The van der Waals surface area contributed by atoms with Crippen LogP contribution in [0.1, 0.15) is 18.1 Å². The highest BCUT2D eigenvalue weighted by Crippen LogP contribution is 2.21. The van der Waals surface area contributed by atoms with E-state index in [9.17, 15) is 10.2 Å². The largest absolute Gasteiger partial charge is 0.390 e. The Kier molecular flexibility index (Phi) is 4.89. The first kappa shape index (κ1) is 12.0. The molecule has 0 aliphatic rings. The van der Waals surface area contributed by atoms with E-state index in [1.807, 2.05) is 12.1 Å². The molecular formula is C10H12BrClO2. The maximum absolute atomic E-state index is 9.69. The summed E-state index contributed by atoms with van der Waals surface area (Å²) in [7, 11) is 0. The summed E-state index contributed by atoms with van der Waals surface area (Å²) in [5.41, 5.74) is 0.700. The van der Waals surface area contributed by atoms with Crippen molar-refractivity contribution in [3.63, 3.8) is 0 Å². The molecule has 0 aromatic heterocycles. The van der Waals surface area contributed by atoms with Crippen molar-refractivity contribution in [1.29, 1.82) is 0 Å². The molecule has 0 amide bonds. The third-order valence-corrected chi connectivity index (χ3v) is 2.73. The van der Waals surface area contributed by atoms with Crippen molar-refractivity contribution in [1.82, 2.24) is 0 Å². The first-order valence-corrected chi connectivity index (χ1v) is 5.65. The predicted octanol–water partition coefficient (Wildman–Crippen LogP) is 2.47. The van der Waals surface area contributed by atoms with Gasteiger partial charge in [-0.05, 0) is 24.1 Å². The number of rotatable bonds is 4. The normalized spacial score (nSPS) is 15.1. The van der Waals surface area contributed by atoms with Crippen molar-refractivity contribution >= 4 is 27.5 Å². The summed E-state index contributed by atoms with van der Waals surface area (Å²) in [6, 6.07) is 7.19. The highest BCUT2D eigenvalue weighted by atomic mass is 79.9. The van der Waals surface area contributed by atoms with E-state index < -0.39 is 12.2 Å². The number of halogens is 2. The van der Waals surface area contributed by atoms with Gasteiger partial charge in [-0.3, -0.25) is 0 Å². The van der Waals surface area contributed by atoms with Gasteiger partial charge in [0.2, 0.25) is 0 Å². The van der Waals surface area contributed by atoms with Crippen molar-refractivity contribution in [2.24, 2.45) is 0 Å². The summed E-state index contributed by atoms with van der Waals surface area (Å²) in [5, 5.41) is 19.2. The van der Waals surface area contributed by atoms with Gasteiger partial charge in [0.05, 0.1) is 6.10 Å². The highest BCUT2D eigenvalue weighted by Gasteiger charge is 2.17. The van der Waals surface area contributed by atoms with E-state index in [1.54, 1.807) is 12.1 Å². The lowest BCUT2D eigenvalue weighted by molar-refractivity contribution is 0.0170. The molecule has 0 aliphatic carbocycles. The molecule has 1 aromatic rings. The molecule has 2 N–H and O–H groups in total. The molecule has 0 radical (unpaired) electrons. The SMILES string of the molecule is OC(CCCl)C(O)c1ccc(Br)cc1. The summed E-state index contributed by atoms with van der Waals surface area (Å²) in [5.74, 6) is 0.342. The molecule has 2 unspecified atom stereocenters. The van der Waals surface area contributed by atoms with Crippen LogP contribution in [0.15, 0.2) is 28.7 Å². The molecule has 14 heavy (non-hydrogen) atoms. The van der Waals surface area contributed by atoms with E-state index in [0.717, 1.165) is 4.47 Å². The number of hydrogen-bond donors (Lipinski definition) is 2. The van der Waals surface area contributed by atoms with Gasteiger partial charge in [0.15, 0.2) is 0 Å². The van der Waals surface area contributed by atoms with Gasteiger partial charge >= 0.3 is 0 Å². The Morgan fingerprint density at radius 2 is 1.79 bits per heavy atom. The molecule has 0 saturated carbocycles. The van der Waals surface area contributed by atoms with Crippen molar-refractivity contribution in [2.45, 2.75) is 18.6 Å². The van der Waals surface area contributed by atoms with Gasteiger partial charge in [0.25, 0.3) is 0 Å². The van der Waals surface area contributed by atoms with Crippen LogP contribution in [-0.2, 0) is 0 Å². The molecule has 0 saturated heterocycles. The molecule has 0 spiro atoms. The van der Waals surface area contributed by atoms with Crippen LogP contribution in [0.4, 0.5) is 0 Å². The van der Waals surface area contributed by atoms with E-state index in [1.165, 1.54) is 0 Å². The fourth-order valence-corrected chi connectivity index (χ4v) is 1.64. The number of hydrogen-bond acceptors (Lipinski definition) is 2. The van der Waals surface area contributed by atoms with Crippen LogP contribution < -0.4 is 0 Å². The second kappa shape index (κ2) is 5.71. The smallest absolute Gasteiger partial charge is 0.105 e. The summed E-state index contributed by atoms with van der Waals surface area (Å²) in [4.78, 5) is 0. The summed E-state index contributed by atoms with van der Waals surface area (Å²) in [6.45, 7) is 0. The Labute approximate surface area is 96.7 Å². The van der Waals surface area contributed by atoms with Crippen LogP contribution in [0.25, 0.3) is 0 Å². The average molecular weight is 280 g/mol. The molecule has 4 heteroatoms. The van der Waals surface area contributed by atoms with E-state index in [0.29, 0.717) is 17.9 Å². The fraction of sp³-hybridized carbons (Fsp3) is 0.400. The van der Waals surface area contributed by atoms with E-state index in [4.69, 9.17) is 11.6 Å². The molecule has 78 valence electrons. The molecule has 0 bridgehead atoms. The predicted molar refractivity (Wildman–Crippen MR) is 60.4 cm³/mol. The van der Waals surface area contributed by atoms with Gasteiger partial charge in [-0.1, -0.05) is 28.1 Å². The van der Waals surface area contributed by atoms with Crippen molar-refractivity contribution in [3.05, 3.63) is 34.3 Å². The number of aliphatic hydroxyl groups excluding tert-OH is 2. The van der Waals surface area contributed by atoms with Crippen LogP contribution in [0.2, 0.25) is 0 Å². The number of aliphatic hydroxyl groups is 2. The zero-order valence-corrected chi connectivity index (χ0v) is 9.87. The summed E-state index contributed by atoms with van der Waals surface area (Å²) >= 11 is 8.77. The maximum atomic E-state index is 9.69. The van der Waals surface area contributed by atoms with Crippen molar-refractivity contribution in [2.75, 3.05) is 5.88 Å². The summed E-state index contributed by atoms with van der Waals surface area (Å²) < 4.78 is 0.945. The first-order valence-electron chi connectivity index (χ1n) is 4.32. The standard InChI is InChI=1S/C10H12BrClO2/c11-8-3-1-7(2-4-8)10(14)9(13)5-6-12/h1-4,9-10,13-14H,5-6H2. The summed E-state index contributed by atoms with van der Waals surface area (Å²) in [6.07, 6.45) is -1.27. The maximum Gasteiger partial charge on any atom is 0.105 e. The van der Waals surface area contributed by atoms with Crippen LogP contribution >= 0.6 is 27.5 Å². The topological polar surface area (TPSA) is 40.5 Å². The van der Waals surface area contributed by atoms with E-state index in [2.05, 4.69) is 15.9 Å². The molecule has 0 fully saturated rings. The fourth-order valence-electron chi connectivity index (χ4n) is 1.15. The minimum Gasteiger partial charge on any atom is -0.390 e. The van der Waals surface area contributed by atoms with Crippen LogP contribution in [-0.4, -0.2) is 22.2 Å². The van der Waals surface area contributed by atoms with Gasteiger partial charge in [0, 0.05) is 10.4 Å². The van der Waals surface area contributed by atoms with E-state index >= 15 is 0 Å². The van der Waals surface area contributed by atoms with Gasteiger partial charge < -0.3 is 10.2 Å². The average Bonchev–Trinajstić information content (AvgIpc) is 2.18. The number of alkyl halides is 1. The van der Waals surface area contributed by atoms with Crippen LogP contribution in [0.3, 0.4) is 0 Å². The molecule has 1 rings (SSSR count). The molecule has 1 aromatic carbocycles. The molecule has 2 atom stereocenters.